The monoisotopic (exact) mass is 268 g/mol. The molecule has 1 saturated heterocycles. The lowest BCUT2D eigenvalue weighted by atomic mass is 10.1. The van der Waals surface area contributed by atoms with Crippen molar-refractivity contribution < 1.29 is 9.72 Å². The van der Waals surface area contributed by atoms with Crippen molar-refractivity contribution in [3.05, 3.63) is 33.9 Å². The number of alkyl halides is 1. The van der Waals surface area contributed by atoms with Crippen LogP contribution in [0, 0.1) is 23.0 Å². The number of benzene rings is 1. The van der Waals surface area contributed by atoms with Gasteiger partial charge in [-0.2, -0.15) is 0 Å². The van der Waals surface area contributed by atoms with E-state index in [0.717, 1.165) is 5.56 Å². The van der Waals surface area contributed by atoms with Crippen LogP contribution in [0.4, 0.5) is 11.4 Å². The number of aryl methyl sites for hydroxylation is 1. The standard InChI is InChI=1S/C12H13ClN2O3/c1-8-2-3-10(15(17)18)11(4-8)14-7-9(6-13)5-12(14)16/h2-4,9H,5-7H2,1H3. The highest BCUT2D eigenvalue weighted by Gasteiger charge is 2.33. The Kier molecular flexibility index (Phi) is 3.52. The summed E-state index contributed by atoms with van der Waals surface area (Å²) in [5.74, 6) is 0.357. The van der Waals surface area contributed by atoms with Gasteiger partial charge in [-0.05, 0) is 24.5 Å². The zero-order valence-electron chi connectivity index (χ0n) is 9.93. The van der Waals surface area contributed by atoms with Gasteiger partial charge in [-0.15, -0.1) is 11.6 Å². The van der Waals surface area contributed by atoms with Gasteiger partial charge in [-0.3, -0.25) is 14.9 Å². The number of amides is 1. The summed E-state index contributed by atoms with van der Waals surface area (Å²) in [5, 5.41) is 11.0. The quantitative estimate of drug-likeness (QED) is 0.481. The van der Waals surface area contributed by atoms with Crippen LogP contribution in [0.2, 0.25) is 0 Å². The molecule has 1 unspecified atom stereocenters. The minimum absolute atomic E-state index is 0.0378. The molecule has 1 amide bonds. The number of hydrogen-bond acceptors (Lipinski definition) is 3. The van der Waals surface area contributed by atoms with Crippen molar-refractivity contribution in [2.45, 2.75) is 13.3 Å². The fourth-order valence-electron chi connectivity index (χ4n) is 2.12. The molecule has 0 spiro atoms. The molecule has 0 aliphatic carbocycles. The van der Waals surface area contributed by atoms with Crippen LogP contribution >= 0.6 is 11.6 Å². The summed E-state index contributed by atoms with van der Waals surface area (Å²) in [6.45, 7) is 2.29. The summed E-state index contributed by atoms with van der Waals surface area (Å²) < 4.78 is 0. The molecule has 1 aliphatic rings. The third kappa shape index (κ3) is 2.31. The minimum Gasteiger partial charge on any atom is -0.306 e. The number of halogens is 1. The van der Waals surface area contributed by atoms with E-state index >= 15 is 0 Å². The van der Waals surface area contributed by atoms with Crippen LogP contribution in [0.25, 0.3) is 0 Å². The molecule has 18 heavy (non-hydrogen) atoms. The highest BCUT2D eigenvalue weighted by molar-refractivity contribution is 6.18. The molecule has 96 valence electrons. The first kappa shape index (κ1) is 12.8. The lowest BCUT2D eigenvalue weighted by Crippen LogP contribution is -2.25. The smallest absolute Gasteiger partial charge is 0.292 e. The van der Waals surface area contributed by atoms with Crippen molar-refractivity contribution in [3.63, 3.8) is 0 Å². The molecular weight excluding hydrogens is 256 g/mol. The van der Waals surface area contributed by atoms with E-state index in [1.54, 1.807) is 12.1 Å². The van der Waals surface area contributed by atoms with Gasteiger partial charge in [0, 0.05) is 24.9 Å². The summed E-state index contributed by atoms with van der Waals surface area (Å²) in [6, 6.07) is 4.78. The number of nitrogens with zero attached hydrogens (tertiary/aromatic N) is 2. The second kappa shape index (κ2) is 4.94. The summed E-state index contributed by atoms with van der Waals surface area (Å²) in [5.41, 5.74) is 1.22. The number of carbonyl (C=O) groups is 1. The normalized spacial score (nSPS) is 19.3. The maximum Gasteiger partial charge on any atom is 0.292 e. The zero-order chi connectivity index (χ0) is 13.3. The van der Waals surface area contributed by atoms with Gasteiger partial charge in [-0.1, -0.05) is 6.07 Å². The van der Waals surface area contributed by atoms with Crippen LogP contribution in [0.5, 0.6) is 0 Å². The molecular formula is C12H13ClN2O3. The van der Waals surface area contributed by atoms with Crippen molar-refractivity contribution in [2.75, 3.05) is 17.3 Å². The molecule has 0 saturated carbocycles. The Bertz CT molecular complexity index is 504. The van der Waals surface area contributed by atoms with E-state index in [9.17, 15) is 14.9 Å². The van der Waals surface area contributed by atoms with E-state index in [1.165, 1.54) is 11.0 Å². The van der Waals surface area contributed by atoms with Crippen LogP contribution in [0.15, 0.2) is 18.2 Å². The fourth-order valence-corrected chi connectivity index (χ4v) is 2.33. The van der Waals surface area contributed by atoms with E-state index in [2.05, 4.69) is 0 Å². The first-order valence-electron chi connectivity index (χ1n) is 5.64. The van der Waals surface area contributed by atoms with E-state index < -0.39 is 4.92 Å². The number of rotatable bonds is 3. The SMILES string of the molecule is Cc1ccc([N+](=O)[O-])c(N2CC(CCl)CC2=O)c1. The van der Waals surface area contributed by atoms with Crippen LogP contribution in [-0.4, -0.2) is 23.3 Å². The predicted octanol–water partition coefficient (Wildman–Crippen LogP) is 2.49. The molecule has 6 heteroatoms. The van der Waals surface area contributed by atoms with Gasteiger partial charge in [-0.25, -0.2) is 0 Å². The second-order valence-corrected chi connectivity index (χ2v) is 4.79. The van der Waals surface area contributed by atoms with E-state index in [0.29, 0.717) is 24.5 Å². The molecule has 1 fully saturated rings. The van der Waals surface area contributed by atoms with Crippen molar-refractivity contribution in [3.8, 4) is 0 Å². The molecule has 0 aromatic heterocycles. The Labute approximate surface area is 109 Å². The van der Waals surface area contributed by atoms with Gasteiger partial charge in [0.2, 0.25) is 5.91 Å². The molecule has 0 N–H and O–H groups in total. The number of nitro groups is 1. The van der Waals surface area contributed by atoms with E-state index in [1.807, 2.05) is 6.92 Å². The molecule has 1 aromatic carbocycles. The molecule has 1 aromatic rings. The number of anilines is 1. The summed E-state index contributed by atoms with van der Waals surface area (Å²) >= 11 is 5.75. The van der Waals surface area contributed by atoms with Crippen LogP contribution in [-0.2, 0) is 4.79 Å². The highest BCUT2D eigenvalue weighted by Crippen LogP contribution is 2.33. The molecule has 2 rings (SSSR count). The Morgan fingerprint density at radius 1 is 1.56 bits per heavy atom. The lowest BCUT2D eigenvalue weighted by molar-refractivity contribution is -0.384. The molecule has 0 bridgehead atoms. The minimum atomic E-state index is -0.462. The Morgan fingerprint density at radius 3 is 2.83 bits per heavy atom. The van der Waals surface area contributed by atoms with Gasteiger partial charge in [0.1, 0.15) is 5.69 Å². The zero-order valence-corrected chi connectivity index (χ0v) is 10.7. The van der Waals surface area contributed by atoms with Crippen molar-refractivity contribution in [1.82, 2.24) is 0 Å². The maximum absolute atomic E-state index is 11.9. The average Bonchev–Trinajstić information content (AvgIpc) is 2.70. The van der Waals surface area contributed by atoms with Gasteiger partial charge < -0.3 is 4.90 Å². The number of carbonyl (C=O) groups excluding carboxylic acids is 1. The summed E-state index contributed by atoms with van der Waals surface area (Å²) in [7, 11) is 0. The molecule has 1 heterocycles. The Hall–Kier alpha value is -1.62. The highest BCUT2D eigenvalue weighted by atomic mass is 35.5. The molecule has 1 aliphatic heterocycles. The number of nitro benzene ring substituents is 1. The lowest BCUT2D eigenvalue weighted by Gasteiger charge is -2.16. The van der Waals surface area contributed by atoms with Gasteiger partial charge >= 0.3 is 0 Å². The van der Waals surface area contributed by atoms with Crippen molar-refractivity contribution >= 4 is 28.9 Å². The third-order valence-electron chi connectivity index (χ3n) is 3.04. The Morgan fingerprint density at radius 2 is 2.28 bits per heavy atom. The average molecular weight is 269 g/mol. The van der Waals surface area contributed by atoms with Gasteiger partial charge in [0.25, 0.3) is 5.69 Å². The molecule has 1 atom stereocenters. The largest absolute Gasteiger partial charge is 0.306 e. The van der Waals surface area contributed by atoms with Crippen LogP contribution < -0.4 is 4.90 Å². The fraction of sp³-hybridized carbons (Fsp3) is 0.417. The topological polar surface area (TPSA) is 63.5 Å². The Balaban J connectivity index is 2.41. The third-order valence-corrected chi connectivity index (χ3v) is 3.48. The maximum atomic E-state index is 11.9. The molecule has 0 radical (unpaired) electrons. The summed E-state index contributed by atoms with van der Waals surface area (Å²) in [6.07, 6.45) is 0.356. The van der Waals surface area contributed by atoms with E-state index in [4.69, 9.17) is 11.6 Å². The van der Waals surface area contributed by atoms with Crippen LogP contribution in [0.1, 0.15) is 12.0 Å². The van der Waals surface area contributed by atoms with Crippen LogP contribution in [0.3, 0.4) is 0 Å². The first-order chi connectivity index (χ1) is 8.52. The summed E-state index contributed by atoms with van der Waals surface area (Å²) in [4.78, 5) is 23.9. The van der Waals surface area contributed by atoms with Gasteiger partial charge in [0.15, 0.2) is 0 Å². The predicted molar refractivity (Wildman–Crippen MR) is 69.0 cm³/mol. The van der Waals surface area contributed by atoms with E-state index in [-0.39, 0.29) is 17.5 Å². The number of hydrogen-bond donors (Lipinski definition) is 0. The first-order valence-corrected chi connectivity index (χ1v) is 6.17. The van der Waals surface area contributed by atoms with Crippen molar-refractivity contribution in [2.24, 2.45) is 5.92 Å². The second-order valence-electron chi connectivity index (χ2n) is 4.48. The van der Waals surface area contributed by atoms with Crippen molar-refractivity contribution in [1.29, 1.82) is 0 Å². The molecule has 5 nitrogen and oxygen atoms in total. The van der Waals surface area contributed by atoms with Gasteiger partial charge in [0.05, 0.1) is 4.92 Å².